The molecule has 1 saturated heterocycles. The molecular formula is C19H30N3O5S+. The van der Waals surface area contributed by atoms with E-state index in [9.17, 15) is 13.2 Å². The predicted octanol–water partition coefficient (Wildman–Crippen LogP) is -0.348. The summed E-state index contributed by atoms with van der Waals surface area (Å²) >= 11 is 0. The summed E-state index contributed by atoms with van der Waals surface area (Å²) in [5, 5.41) is 2.96. The Hall–Kier alpha value is -1.84. The summed E-state index contributed by atoms with van der Waals surface area (Å²) < 4.78 is 38.7. The standard InChI is InChI=1S/C19H29N3O5S/c1-3-15(2)20-19(23)14-21-7-9-22(10-8-21)28(24,25)16-5-6-17-18(13-16)27-12-4-11-26-17/h5-6,13,15H,3-4,7-12,14H2,1-2H3,(H,20,23)/p+1/t15-/m0/s1. The molecule has 2 N–H and O–H groups in total. The van der Waals surface area contributed by atoms with Gasteiger partial charge in [-0.15, -0.1) is 0 Å². The number of sulfonamides is 1. The van der Waals surface area contributed by atoms with Gasteiger partial charge in [-0.05, 0) is 25.5 Å². The van der Waals surface area contributed by atoms with E-state index in [0.29, 0.717) is 57.4 Å². The zero-order valence-corrected chi connectivity index (χ0v) is 17.4. The quantitative estimate of drug-likeness (QED) is 0.667. The fraction of sp³-hybridized carbons (Fsp3) is 0.632. The zero-order valence-electron chi connectivity index (χ0n) is 16.6. The Balaban J connectivity index is 1.60. The molecule has 0 bridgehead atoms. The van der Waals surface area contributed by atoms with Gasteiger partial charge in [0.1, 0.15) is 0 Å². The van der Waals surface area contributed by atoms with E-state index in [-0.39, 0.29) is 16.8 Å². The van der Waals surface area contributed by atoms with Gasteiger partial charge in [-0.2, -0.15) is 4.31 Å². The zero-order chi connectivity index (χ0) is 20.1. The highest BCUT2D eigenvalue weighted by Crippen LogP contribution is 2.32. The average molecular weight is 413 g/mol. The Morgan fingerprint density at radius 1 is 1.21 bits per heavy atom. The molecule has 0 aromatic heterocycles. The summed E-state index contributed by atoms with van der Waals surface area (Å²) in [5.74, 6) is 1.08. The summed E-state index contributed by atoms with van der Waals surface area (Å²) in [6.07, 6.45) is 1.66. The van der Waals surface area contributed by atoms with Gasteiger partial charge in [0.2, 0.25) is 10.0 Å². The number of piperazine rings is 1. The molecule has 0 aliphatic carbocycles. The van der Waals surface area contributed by atoms with Crippen molar-refractivity contribution in [1.29, 1.82) is 0 Å². The van der Waals surface area contributed by atoms with Crippen molar-refractivity contribution in [3.05, 3.63) is 18.2 Å². The topological polar surface area (TPSA) is 89.4 Å². The molecule has 0 saturated carbocycles. The number of ether oxygens (including phenoxy) is 2. The molecule has 1 atom stereocenters. The Bertz CT molecular complexity index is 791. The van der Waals surface area contributed by atoms with E-state index in [1.807, 2.05) is 13.8 Å². The van der Waals surface area contributed by atoms with Crippen LogP contribution < -0.4 is 19.7 Å². The average Bonchev–Trinajstić information content (AvgIpc) is 2.93. The normalized spacial score (nSPS) is 19.6. The van der Waals surface area contributed by atoms with Crippen LogP contribution in [0.1, 0.15) is 26.7 Å². The van der Waals surface area contributed by atoms with Gasteiger partial charge in [0.25, 0.3) is 5.91 Å². The van der Waals surface area contributed by atoms with Gasteiger partial charge in [0.05, 0.1) is 44.3 Å². The largest absolute Gasteiger partial charge is 0.490 e. The number of rotatable bonds is 6. The van der Waals surface area contributed by atoms with Crippen molar-refractivity contribution >= 4 is 15.9 Å². The minimum Gasteiger partial charge on any atom is -0.490 e. The number of carbonyl (C=O) groups is 1. The maximum Gasteiger partial charge on any atom is 0.275 e. The molecule has 156 valence electrons. The number of amides is 1. The van der Waals surface area contributed by atoms with Crippen molar-refractivity contribution in [3.8, 4) is 11.5 Å². The number of hydrogen-bond acceptors (Lipinski definition) is 5. The van der Waals surface area contributed by atoms with Crippen molar-refractivity contribution in [2.75, 3.05) is 45.9 Å². The lowest BCUT2D eigenvalue weighted by Crippen LogP contribution is -3.15. The van der Waals surface area contributed by atoms with Crippen LogP contribution in [-0.2, 0) is 14.8 Å². The van der Waals surface area contributed by atoms with Crippen LogP contribution in [0.15, 0.2) is 23.1 Å². The molecule has 0 spiro atoms. The second kappa shape index (κ2) is 9.11. The van der Waals surface area contributed by atoms with Crippen LogP contribution in [-0.4, -0.2) is 70.6 Å². The second-order valence-corrected chi connectivity index (χ2v) is 9.30. The molecule has 2 aliphatic heterocycles. The number of hydrogen-bond donors (Lipinski definition) is 2. The van der Waals surface area contributed by atoms with Crippen molar-refractivity contribution in [2.24, 2.45) is 0 Å². The first-order valence-corrected chi connectivity index (χ1v) is 11.4. The molecule has 2 aliphatic rings. The third-order valence-corrected chi connectivity index (χ3v) is 7.11. The summed E-state index contributed by atoms with van der Waals surface area (Å²) in [6, 6.07) is 4.94. The van der Waals surface area contributed by atoms with E-state index < -0.39 is 10.0 Å². The van der Waals surface area contributed by atoms with Crippen molar-refractivity contribution in [1.82, 2.24) is 9.62 Å². The Labute approximate surface area is 166 Å². The summed E-state index contributed by atoms with van der Waals surface area (Å²) in [7, 11) is -3.60. The van der Waals surface area contributed by atoms with Gasteiger partial charge < -0.3 is 19.7 Å². The number of carbonyl (C=O) groups excluding carboxylic acids is 1. The lowest BCUT2D eigenvalue weighted by atomic mass is 10.2. The summed E-state index contributed by atoms with van der Waals surface area (Å²) in [4.78, 5) is 13.4. The second-order valence-electron chi connectivity index (χ2n) is 7.37. The van der Waals surface area contributed by atoms with Crippen LogP contribution in [0.25, 0.3) is 0 Å². The Morgan fingerprint density at radius 3 is 2.57 bits per heavy atom. The highest BCUT2D eigenvalue weighted by Gasteiger charge is 2.32. The SMILES string of the molecule is CC[C@H](C)NC(=O)C[NH+]1CCN(S(=O)(=O)c2ccc3c(c2)OCCCO3)CC1. The van der Waals surface area contributed by atoms with E-state index in [1.54, 1.807) is 18.2 Å². The maximum atomic E-state index is 13.0. The lowest BCUT2D eigenvalue weighted by Gasteiger charge is -2.31. The van der Waals surface area contributed by atoms with Crippen molar-refractivity contribution in [2.45, 2.75) is 37.6 Å². The molecule has 1 amide bonds. The van der Waals surface area contributed by atoms with Crippen LogP contribution in [0.3, 0.4) is 0 Å². The molecular weight excluding hydrogens is 382 g/mol. The predicted molar refractivity (Wildman–Crippen MR) is 104 cm³/mol. The van der Waals surface area contributed by atoms with Gasteiger partial charge in [-0.1, -0.05) is 6.92 Å². The molecule has 2 heterocycles. The van der Waals surface area contributed by atoms with E-state index in [4.69, 9.17) is 9.47 Å². The third kappa shape index (κ3) is 4.95. The molecule has 1 aromatic rings. The molecule has 8 nitrogen and oxygen atoms in total. The van der Waals surface area contributed by atoms with Crippen LogP contribution in [0, 0.1) is 0 Å². The number of benzene rings is 1. The first-order chi connectivity index (χ1) is 13.4. The van der Waals surface area contributed by atoms with Crippen molar-refractivity contribution < 1.29 is 27.6 Å². The summed E-state index contributed by atoms with van der Waals surface area (Å²) in [6.45, 7) is 7.46. The van der Waals surface area contributed by atoms with Gasteiger partial charge in [0, 0.05) is 18.5 Å². The highest BCUT2D eigenvalue weighted by molar-refractivity contribution is 7.89. The maximum absolute atomic E-state index is 13.0. The van der Waals surface area contributed by atoms with Gasteiger partial charge in [-0.3, -0.25) is 4.79 Å². The van der Waals surface area contributed by atoms with Crippen LogP contribution >= 0.6 is 0 Å². The van der Waals surface area contributed by atoms with E-state index in [1.165, 1.54) is 4.31 Å². The molecule has 1 fully saturated rings. The van der Waals surface area contributed by atoms with Crippen LogP contribution in [0.5, 0.6) is 11.5 Å². The minimum absolute atomic E-state index is 0.0172. The highest BCUT2D eigenvalue weighted by atomic mass is 32.2. The Kier molecular flexibility index (Phi) is 6.79. The van der Waals surface area contributed by atoms with Gasteiger partial charge >= 0.3 is 0 Å². The molecule has 3 rings (SSSR count). The molecule has 1 aromatic carbocycles. The number of quaternary nitrogens is 1. The molecule has 0 unspecified atom stereocenters. The number of nitrogens with zero attached hydrogens (tertiary/aromatic N) is 1. The van der Waals surface area contributed by atoms with Crippen LogP contribution in [0.2, 0.25) is 0 Å². The fourth-order valence-corrected chi connectivity index (χ4v) is 4.79. The van der Waals surface area contributed by atoms with E-state index in [0.717, 1.165) is 17.7 Å². The monoisotopic (exact) mass is 412 g/mol. The summed E-state index contributed by atoms with van der Waals surface area (Å²) in [5.41, 5.74) is 0. The van der Waals surface area contributed by atoms with Gasteiger partial charge in [-0.25, -0.2) is 8.42 Å². The molecule has 0 radical (unpaired) electrons. The van der Waals surface area contributed by atoms with Crippen LogP contribution in [0.4, 0.5) is 0 Å². The van der Waals surface area contributed by atoms with Gasteiger partial charge in [0.15, 0.2) is 18.0 Å². The van der Waals surface area contributed by atoms with E-state index in [2.05, 4.69) is 5.32 Å². The van der Waals surface area contributed by atoms with E-state index >= 15 is 0 Å². The molecule has 9 heteroatoms. The first-order valence-electron chi connectivity index (χ1n) is 9.93. The smallest absolute Gasteiger partial charge is 0.275 e. The lowest BCUT2D eigenvalue weighted by molar-refractivity contribution is -0.895. The first kappa shape index (κ1) is 20.9. The van der Waals surface area contributed by atoms with Crippen molar-refractivity contribution in [3.63, 3.8) is 0 Å². The Morgan fingerprint density at radius 2 is 1.89 bits per heavy atom. The minimum atomic E-state index is -3.60. The number of nitrogens with one attached hydrogen (secondary N) is 2. The molecule has 28 heavy (non-hydrogen) atoms. The third-order valence-electron chi connectivity index (χ3n) is 5.22. The number of fused-ring (bicyclic) bond motifs is 1. The fourth-order valence-electron chi connectivity index (χ4n) is 3.33.